The minimum absolute atomic E-state index is 0.00475. The van der Waals surface area contributed by atoms with Crippen molar-refractivity contribution in [3.63, 3.8) is 0 Å². The lowest BCUT2D eigenvalue weighted by atomic mass is 9.98. The Morgan fingerprint density at radius 2 is 2.05 bits per heavy atom. The van der Waals surface area contributed by atoms with Crippen LogP contribution in [0.1, 0.15) is 17.5 Å². The monoisotopic (exact) mass is 266 g/mol. The Morgan fingerprint density at radius 3 is 2.85 bits per heavy atom. The van der Waals surface area contributed by atoms with Crippen molar-refractivity contribution >= 4 is 11.6 Å². The van der Waals surface area contributed by atoms with Gasteiger partial charge in [0.15, 0.2) is 0 Å². The second-order valence-corrected chi connectivity index (χ2v) is 4.53. The first-order chi connectivity index (χ1) is 9.67. The summed E-state index contributed by atoms with van der Waals surface area (Å²) in [6.07, 6.45) is 1.10. The molecule has 2 heterocycles. The molecule has 1 aliphatic rings. The fourth-order valence-electron chi connectivity index (χ4n) is 2.24. The molecule has 1 amide bonds. The number of benzene rings is 1. The molecule has 1 aromatic carbocycles. The number of hydrogen-bond acceptors (Lipinski definition) is 4. The molecule has 20 heavy (non-hydrogen) atoms. The predicted octanol–water partition coefficient (Wildman–Crippen LogP) is 1.19. The molecule has 0 atom stereocenters. The van der Waals surface area contributed by atoms with Crippen molar-refractivity contribution in [1.82, 2.24) is 10.2 Å². The molecule has 0 radical (unpaired) electrons. The van der Waals surface area contributed by atoms with E-state index in [2.05, 4.69) is 15.5 Å². The topological polar surface area (TPSA) is 98.6 Å². The van der Waals surface area contributed by atoms with Crippen LogP contribution in [0.5, 0.6) is 0 Å². The lowest BCUT2D eigenvalue weighted by molar-refractivity contribution is -0.116. The van der Waals surface area contributed by atoms with E-state index in [4.69, 9.17) is 5.26 Å². The third kappa shape index (κ3) is 2.06. The Labute approximate surface area is 114 Å². The third-order valence-corrected chi connectivity index (χ3v) is 3.20. The van der Waals surface area contributed by atoms with Crippen molar-refractivity contribution in [2.45, 2.75) is 12.8 Å². The average Bonchev–Trinajstić information content (AvgIpc) is 2.46. The molecule has 0 aliphatic carbocycles. The number of anilines is 1. The minimum Gasteiger partial charge on any atom is -0.326 e. The molecule has 2 N–H and O–H groups in total. The van der Waals surface area contributed by atoms with Crippen LogP contribution in [0.15, 0.2) is 29.1 Å². The first-order valence-electron chi connectivity index (χ1n) is 6.10. The van der Waals surface area contributed by atoms with Crippen LogP contribution in [0, 0.1) is 11.3 Å². The number of hydrogen-bond donors (Lipinski definition) is 2. The normalized spacial score (nSPS) is 13.2. The number of amides is 1. The van der Waals surface area contributed by atoms with E-state index in [9.17, 15) is 9.59 Å². The van der Waals surface area contributed by atoms with E-state index in [-0.39, 0.29) is 11.5 Å². The maximum absolute atomic E-state index is 11.3. The minimum atomic E-state index is -0.407. The van der Waals surface area contributed by atoms with Crippen LogP contribution in [0.3, 0.4) is 0 Å². The molecule has 0 saturated heterocycles. The van der Waals surface area contributed by atoms with Crippen LogP contribution in [-0.2, 0) is 11.2 Å². The highest BCUT2D eigenvalue weighted by atomic mass is 16.1. The Balaban J connectivity index is 2.10. The largest absolute Gasteiger partial charge is 0.326 e. The Hall–Kier alpha value is -2.94. The number of carbonyl (C=O) groups is 1. The third-order valence-electron chi connectivity index (χ3n) is 3.20. The molecule has 98 valence electrons. The lowest BCUT2D eigenvalue weighted by Gasteiger charge is -2.17. The highest BCUT2D eigenvalue weighted by Crippen LogP contribution is 2.28. The summed E-state index contributed by atoms with van der Waals surface area (Å²) >= 11 is 0. The molecule has 1 aliphatic heterocycles. The number of H-pyrrole nitrogens is 1. The summed E-state index contributed by atoms with van der Waals surface area (Å²) < 4.78 is 0. The van der Waals surface area contributed by atoms with Gasteiger partial charge < -0.3 is 5.32 Å². The quantitative estimate of drug-likeness (QED) is 0.810. The standard InChI is InChI=1S/C14H10N4O2/c15-7-10-6-13(20)17-18-14(10)9-1-3-11-8(5-9)2-4-12(19)16-11/h1,3,5-6H,2,4H2,(H,16,19)(H,17,20). The van der Waals surface area contributed by atoms with E-state index in [0.29, 0.717) is 18.5 Å². The molecule has 6 heteroatoms. The molecule has 0 unspecified atom stereocenters. The fourth-order valence-corrected chi connectivity index (χ4v) is 2.24. The van der Waals surface area contributed by atoms with Crippen molar-refractivity contribution in [3.05, 3.63) is 45.7 Å². The van der Waals surface area contributed by atoms with Crippen molar-refractivity contribution in [2.75, 3.05) is 5.32 Å². The Morgan fingerprint density at radius 1 is 1.20 bits per heavy atom. The van der Waals surface area contributed by atoms with Crippen LogP contribution in [0.2, 0.25) is 0 Å². The van der Waals surface area contributed by atoms with E-state index in [0.717, 1.165) is 16.8 Å². The highest BCUT2D eigenvalue weighted by molar-refractivity contribution is 5.94. The lowest BCUT2D eigenvalue weighted by Crippen LogP contribution is -2.18. The fraction of sp³-hybridized carbons (Fsp3) is 0.143. The molecule has 0 spiro atoms. The van der Waals surface area contributed by atoms with Crippen LogP contribution in [0.4, 0.5) is 5.69 Å². The summed E-state index contributed by atoms with van der Waals surface area (Å²) in [4.78, 5) is 22.5. The van der Waals surface area contributed by atoms with Gasteiger partial charge in [-0.15, -0.1) is 0 Å². The highest BCUT2D eigenvalue weighted by Gasteiger charge is 2.16. The van der Waals surface area contributed by atoms with Gasteiger partial charge in [-0.1, -0.05) is 6.07 Å². The molecule has 2 aromatic rings. The van der Waals surface area contributed by atoms with E-state index >= 15 is 0 Å². The first-order valence-corrected chi connectivity index (χ1v) is 6.10. The second kappa shape index (κ2) is 4.63. The van der Waals surface area contributed by atoms with Crippen molar-refractivity contribution in [1.29, 1.82) is 5.26 Å². The number of fused-ring (bicyclic) bond motifs is 1. The Bertz CT molecular complexity index is 802. The zero-order chi connectivity index (χ0) is 14.1. The van der Waals surface area contributed by atoms with E-state index < -0.39 is 5.56 Å². The number of rotatable bonds is 1. The summed E-state index contributed by atoms with van der Waals surface area (Å²) in [7, 11) is 0. The van der Waals surface area contributed by atoms with Crippen molar-refractivity contribution in [3.8, 4) is 17.3 Å². The average molecular weight is 266 g/mol. The number of aromatic amines is 1. The Kier molecular flexibility index (Phi) is 2.80. The van der Waals surface area contributed by atoms with Crippen LogP contribution >= 0.6 is 0 Å². The number of aromatic nitrogens is 2. The van der Waals surface area contributed by atoms with Gasteiger partial charge in [0.05, 0.1) is 5.56 Å². The number of aryl methyl sites for hydroxylation is 1. The number of carbonyl (C=O) groups excluding carboxylic acids is 1. The zero-order valence-electron chi connectivity index (χ0n) is 10.4. The number of nitrogens with one attached hydrogen (secondary N) is 2. The van der Waals surface area contributed by atoms with E-state index in [1.54, 1.807) is 12.1 Å². The summed E-state index contributed by atoms with van der Waals surface area (Å²) in [5.74, 6) is 0.00475. The predicted molar refractivity (Wildman–Crippen MR) is 72.0 cm³/mol. The molecular formula is C14H10N4O2. The molecule has 0 saturated carbocycles. The van der Waals surface area contributed by atoms with Crippen LogP contribution in [-0.4, -0.2) is 16.1 Å². The van der Waals surface area contributed by atoms with Gasteiger partial charge in [0.25, 0.3) is 5.56 Å². The van der Waals surface area contributed by atoms with Crippen molar-refractivity contribution < 1.29 is 4.79 Å². The van der Waals surface area contributed by atoms with Gasteiger partial charge in [-0.2, -0.15) is 10.4 Å². The summed E-state index contributed by atoms with van der Waals surface area (Å²) in [5.41, 5.74) is 2.79. The molecule has 0 bridgehead atoms. The van der Waals surface area contributed by atoms with Gasteiger partial charge in [-0.3, -0.25) is 9.59 Å². The van der Waals surface area contributed by atoms with Gasteiger partial charge in [0.1, 0.15) is 11.8 Å². The maximum Gasteiger partial charge on any atom is 0.265 e. The van der Waals surface area contributed by atoms with Gasteiger partial charge >= 0.3 is 0 Å². The molecule has 1 aromatic heterocycles. The van der Waals surface area contributed by atoms with Gasteiger partial charge in [-0.05, 0) is 24.1 Å². The van der Waals surface area contributed by atoms with Crippen LogP contribution in [0.25, 0.3) is 11.3 Å². The summed E-state index contributed by atoms with van der Waals surface area (Å²) in [6, 6.07) is 8.64. The van der Waals surface area contributed by atoms with E-state index in [1.807, 2.05) is 12.1 Å². The van der Waals surface area contributed by atoms with Crippen molar-refractivity contribution in [2.24, 2.45) is 0 Å². The SMILES string of the molecule is N#Cc1cc(=O)[nH]nc1-c1ccc2c(c1)CCC(=O)N2. The number of nitrogens with zero attached hydrogens (tertiary/aromatic N) is 2. The van der Waals surface area contributed by atoms with Gasteiger partial charge in [0, 0.05) is 23.7 Å². The van der Waals surface area contributed by atoms with Crippen LogP contribution < -0.4 is 10.9 Å². The van der Waals surface area contributed by atoms with Gasteiger partial charge in [-0.25, -0.2) is 5.10 Å². The molecule has 3 rings (SSSR count). The first kappa shape index (κ1) is 12.1. The van der Waals surface area contributed by atoms with E-state index in [1.165, 1.54) is 6.07 Å². The maximum atomic E-state index is 11.3. The molecule has 6 nitrogen and oxygen atoms in total. The summed E-state index contributed by atoms with van der Waals surface area (Å²) in [6.45, 7) is 0. The number of nitriles is 1. The molecular weight excluding hydrogens is 256 g/mol. The van der Waals surface area contributed by atoms with Gasteiger partial charge in [0.2, 0.25) is 5.91 Å². The second-order valence-electron chi connectivity index (χ2n) is 4.53. The summed E-state index contributed by atoms with van der Waals surface area (Å²) in [5, 5.41) is 18.1. The smallest absolute Gasteiger partial charge is 0.265 e. The molecule has 0 fully saturated rings. The zero-order valence-corrected chi connectivity index (χ0v) is 10.4.